The molecule has 0 heterocycles. The summed E-state index contributed by atoms with van der Waals surface area (Å²) in [5.74, 6) is -4.46. The molecule has 34 heavy (non-hydrogen) atoms. The number of carbonyl (C=O) groups excluding carboxylic acids is 1. The quantitative estimate of drug-likeness (QED) is 0.312. The van der Waals surface area contributed by atoms with Crippen LogP contribution in [-0.4, -0.2) is 40.8 Å². The predicted octanol–water partition coefficient (Wildman–Crippen LogP) is 6.83. The number of rotatable bonds is 6. The second kappa shape index (κ2) is 8.73. The number of esters is 1. The Labute approximate surface area is 192 Å². The molecule has 2 fully saturated rings. The Hall–Kier alpha value is -1.20. The Balaban J connectivity index is 2.24. The number of carbonyl (C=O) groups is 1. The zero-order chi connectivity index (χ0) is 26.7. The minimum absolute atomic E-state index is 0.0272. The lowest BCUT2D eigenvalue weighted by molar-refractivity contribution is -0.373. The average Bonchev–Trinajstić information content (AvgIpc) is 3.13. The van der Waals surface area contributed by atoms with E-state index in [-0.39, 0.29) is 31.1 Å². The van der Waals surface area contributed by atoms with Crippen LogP contribution in [0.1, 0.15) is 66.7 Å². The Morgan fingerprint density at radius 1 is 0.882 bits per heavy atom. The lowest BCUT2D eigenvalue weighted by atomic mass is 9.68. The summed E-state index contributed by atoms with van der Waals surface area (Å²) in [5, 5.41) is 9.61. The van der Waals surface area contributed by atoms with Crippen LogP contribution in [0.3, 0.4) is 0 Å². The van der Waals surface area contributed by atoms with Gasteiger partial charge in [-0.3, -0.25) is 4.79 Å². The number of aliphatic hydroxyl groups is 1. The highest BCUT2D eigenvalue weighted by molar-refractivity contribution is 5.77. The average molecular weight is 514 g/mol. The second-order valence-corrected chi connectivity index (χ2v) is 11.1. The lowest BCUT2D eigenvalue weighted by Gasteiger charge is -2.41. The normalized spacial score (nSPS) is 30.4. The summed E-state index contributed by atoms with van der Waals surface area (Å²) in [6.45, 7) is 6.64. The van der Waals surface area contributed by atoms with Crippen LogP contribution in [-0.2, 0) is 9.53 Å². The zero-order valence-electron chi connectivity index (χ0n) is 19.6. The van der Waals surface area contributed by atoms with Crippen molar-refractivity contribution in [2.75, 3.05) is 0 Å². The zero-order valence-corrected chi connectivity index (χ0v) is 19.6. The largest absolute Gasteiger partial charge is 0.459 e. The first-order valence-corrected chi connectivity index (χ1v) is 11.1. The minimum Gasteiger partial charge on any atom is -0.459 e. The Bertz CT molecular complexity index is 737. The number of hydrogen-bond donors (Lipinski definition) is 1. The van der Waals surface area contributed by atoms with Crippen LogP contribution in [0.25, 0.3) is 0 Å². The van der Waals surface area contributed by atoms with E-state index in [0.717, 1.165) is 0 Å². The molecular formula is C22H31F9O3. The van der Waals surface area contributed by atoms with Gasteiger partial charge in [-0.05, 0) is 89.4 Å². The molecule has 0 aromatic carbocycles. The van der Waals surface area contributed by atoms with E-state index in [2.05, 4.69) is 0 Å². The maximum atomic E-state index is 13.9. The van der Waals surface area contributed by atoms with E-state index in [4.69, 9.17) is 4.74 Å². The number of fused-ring (bicyclic) bond motifs is 2. The van der Waals surface area contributed by atoms with Gasteiger partial charge in [-0.2, -0.15) is 39.5 Å². The maximum absolute atomic E-state index is 13.9. The van der Waals surface area contributed by atoms with Crippen molar-refractivity contribution >= 4 is 5.97 Å². The van der Waals surface area contributed by atoms with E-state index in [0.29, 0.717) is 6.92 Å². The highest BCUT2D eigenvalue weighted by Crippen LogP contribution is 2.61. The molecule has 2 aliphatic carbocycles. The summed E-state index contributed by atoms with van der Waals surface area (Å²) in [6.07, 6.45) is -19.1. The van der Waals surface area contributed by atoms with Gasteiger partial charge >= 0.3 is 24.5 Å². The summed E-state index contributed by atoms with van der Waals surface area (Å²) in [5.41, 5.74) is -8.95. The third-order valence-electron chi connectivity index (χ3n) is 7.70. The number of halogens is 9. The predicted molar refractivity (Wildman–Crippen MR) is 103 cm³/mol. The number of hydrogen-bond acceptors (Lipinski definition) is 3. The second-order valence-electron chi connectivity index (χ2n) is 11.1. The molecule has 3 nitrogen and oxygen atoms in total. The number of ether oxygens (including phenoxy) is 1. The van der Waals surface area contributed by atoms with Gasteiger partial charge in [0.1, 0.15) is 5.60 Å². The van der Waals surface area contributed by atoms with Crippen LogP contribution >= 0.6 is 0 Å². The molecular weight excluding hydrogens is 483 g/mol. The van der Waals surface area contributed by atoms with E-state index in [1.54, 1.807) is 6.92 Å². The SMILES string of the molecule is CC1C2CC(CC(O)(C(F)(F)F)C(F)(F)F)C(C2)C1CCC(C)(C(=O)OC(C)(C)C)C(F)(F)F. The van der Waals surface area contributed by atoms with Gasteiger partial charge in [-0.25, -0.2) is 0 Å². The van der Waals surface area contributed by atoms with Gasteiger partial charge in [-0.15, -0.1) is 0 Å². The van der Waals surface area contributed by atoms with Crippen LogP contribution in [0.15, 0.2) is 0 Å². The molecule has 2 saturated carbocycles. The Morgan fingerprint density at radius 3 is 1.76 bits per heavy atom. The molecule has 0 amide bonds. The van der Waals surface area contributed by atoms with Gasteiger partial charge in [0.25, 0.3) is 5.60 Å². The van der Waals surface area contributed by atoms with Gasteiger partial charge in [-0.1, -0.05) is 6.92 Å². The molecule has 2 aliphatic rings. The summed E-state index contributed by atoms with van der Waals surface area (Å²) in [6, 6.07) is 0. The number of alkyl halides is 9. The molecule has 1 N–H and O–H groups in total. The van der Waals surface area contributed by atoms with E-state index < -0.39 is 71.7 Å². The third kappa shape index (κ3) is 5.31. The molecule has 0 saturated heterocycles. The van der Waals surface area contributed by atoms with Crippen molar-refractivity contribution in [3.05, 3.63) is 0 Å². The molecule has 12 heteroatoms. The highest BCUT2D eigenvalue weighted by atomic mass is 19.4. The van der Waals surface area contributed by atoms with Crippen molar-refractivity contribution in [1.29, 1.82) is 0 Å². The van der Waals surface area contributed by atoms with Gasteiger partial charge in [0.05, 0.1) is 0 Å². The molecule has 200 valence electrons. The molecule has 6 atom stereocenters. The van der Waals surface area contributed by atoms with Gasteiger partial charge in [0, 0.05) is 0 Å². The summed E-state index contributed by atoms with van der Waals surface area (Å²) < 4.78 is 126. The molecule has 0 aromatic rings. The van der Waals surface area contributed by atoms with Crippen molar-refractivity contribution in [3.8, 4) is 0 Å². The first-order chi connectivity index (χ1) is 14.9. The molecule has 0 radical (unpaired) electrons. The summed E-state index contributed by atoms with van der Waals surface area (Å²) in [7, 11) is 0. The van der Waals surface area contributed by atoms with E-state index in [9.17, 15) is 49.4 Å². The first-order valence-electron chi connectivity index (χ1n) is 11.1. The molecule has 2 bridgehead atoms. The van der Waals surface area contributed by atoms with Crippen molar-refractivity contribution in [2.24, 2.45) is 35.0 Å². The molecule has 0 aliphatic heterocycles. The third-order valence-corrected chi connectivity index (χ3v) is 7.70. The minimum atomic E-state index is -5.94. The van der Waals surface area contributed by atoms with Crippen LogP contribution < -0.4 is 0 Å². The monoisotopic (exact) mass is 514 g/mol. The lowest BCUT2D eigenvalue weighted by Crippen LogP contribution is -2.58. The van der Waals surface area contributed by atoms with Crippen molar-refractivity contribution in [2.45, 2.75) is 96.5 Å². The Kier molecular flexibility index (Phi) is 7.45. The molecule has 6 unspecified atom stereocenters. The summed E-state index contributed by atoms with van der Waals surface area (Å²) in [4.78, 5) is 12.4. The first kappa shape index (κ1) is 29.0. The summed E-state index contributed by atoms with van der Waals surface area (Å²) >= 11 is 0. The van der Waals surface area contributed by atoms with Crippen LogP contribution in [0.2, 0.25) is 0 Å². The molecule has 0 spiro atoms. The highest BCUT2D eigenvalue weighted by Gasteiger charge is 2.71. The topological polar surface area (TPSA) is 46.5 Å². The van der Waals surface area contributed by atoms with Gasteiger partial charge < -0.3 is 9.84 Å². The van der Waals surface area contributed by atoms with Crippen molar-refractivity contribution < 1.29 is 54.2 Å². The fourth-order valence-electron chi connectivity index (χ4n) is 5.58. The van der Waals surface area contributed by atoms with Gasteiger partial charge in [0.2, 0.25) is 0 Å². The fraction of sp³-hybridized carbons (Fsp3) is 0.955. The van der Waals surface area contributed by atoms with Gasteiger partial charge in [0.15, 0.2) is 5.41 Å². The fourth-order valence-corrected chi connectivity index (χ4v) is 5.58. The van der Waals surface area contributed by atoms with Crippen LogP contribution in [0.5, 0.6) is 0 Å². The van der Waals surface area contributed by atoms with E-state index >= 15 is 0 Å². The van der Waals surface area contributed by atoms with Crippen molar-refractivity contribution in [3.63, 3.8) is 0 Å². The van der Waals surface area contributed by atoms with E-state index in [1.807, 2.05) is 0 Å². The Morgan fingerprint density at radius 2 is 1.38 bits per heavy atom. The standard InChI is InChI=1S/C22H31F9O3/c1-11-12-8-13(10-19(33,21(26,27)28)22(29,30)31)15(9-12)14(11)6-7-18(5,20(23,24)25)16(32)34-17(2,3)4/h11-15,33H,6-10H2,1-5H3. The van der Waals surface area contributed by atoms with Crippen LogP contribution in [0.4, 0.5) is 39.5 Å². The smallest absolute Gasteiger partial charge is 0.426 e. The van der Waals surface area contributed by atoms with Crippen molar-refractivity contribution in [1.82, 2.24) is 0 Å². The molecule has 0 aromatic heterocycles. The maximum Gasteiger partial charge on any atom is 0.426 e. The van der Waals surface area contributed by atoms with E-state index in [1.165, 1.54) is 20.8 Å². The molecule has 2 rings (SSSR count). The van der Waals surface area contributed by atoms with Crippen LogP contribution in [0, 0.1) is 35.0 Å².